The van der Waals surface area contributed by atoms with Crippen molar-refractivity contribution < 1.29 is 22.7 Å². The average Bonchev–Trinajstić information content (AvgIpc) is 2.70. The van der Waals surface area contributed by atoms with Gasteiger partial charge in [-0.1, -0.05) is 31.5 Å². The number of esters is 1. The standard InChI is InChI=1S/C19H22ClN3O5S/c1-4-23(5-2)29(26,27)15-9-6-8-14(12-15)19(25)28-13(3)18(24)22-16-10-7-11-21-17(16)20/h6-13H,4-5H2,1-3H3,(H,22,24). The van der Waals surface area contributed by atoms with Crippen LogP contribution in [0.5, 0.6) is 0 Å². The highest BCUT2D eigenvalue weighted by Gasteiger charge is 2.24. The summed E-state index contributed by atoms with van der Waals surface area (Å²) in [4.78, 5) is 28.5. The van der Waals surface area contributed by atoms with Crippen LogP contribution in [0.15, 0.2) is 47.5 Å². The smallest absolute Gasteiger partial charge is 0.338 e. The largest absolute Gasteiger partial charge is 0.449 e. The zero-order valence-electron chi connectivity index (χ0n) is 16.3. The molecule has 2 rings (SSSR count). The molecule has 0 bridgehead atoms. The van der Waals surface area contributed by atoms with E-state index < -0.39 is 28.0 Å². The Morgan fingerprint density at radius 2 is 1.90 bits per heavy atom. The number of carbonyl (C=O) groups excluding carboxylic acids is 2. The van der Waals surface area contributed by atoms with E-state index in [4.69, 9.17) is 16.3 Å². The molecular weight excluding hydrogens is 418 g/mol. The van der Waals surface area contributed by atoms with Gasteiger partial charge in [0.05, 0.1) is 16.1 Å². The third kappa shape index (κ3) is 5.53. The molecule has 0 aliphatic rings. The van der Waals surface area contributed by atoms with Crippen LogP contribution in [-0.2, 0) is 19.6 Å². The van der Waals surface area contributed by atoms with Crippen LogP contribution in [0.1, 0.15) is 31.1 Å². The molecule has 10 heteroatoms. The topological polar surface area (TPSA) is 106 Å². The number of nitrogens with one attached hydrogen (secondary N) is 1. The Morgan fingerprint density at radius 1 is 1.21 bits per heavy atom. The number of pyridine rings is 1. The molecular formula is C19H22ClN3O5S. The summed E-state index contributed by atoms with van der Waals surface area (Å²) in [6.07, 6.45) is 0.336. The van der Waals surface area contributed by atoms with Crippen molar-refractivity contribution in [2.24, 2.45) is 0 Å². The van der Waals surface area contributed by atoms with Crippen LogP contribution in [0.2, 0.25) is 5.15 Å². The Bertz CT molecular complexity index is 993. The van der Waals surface area contributed by atoms with Gasteiger partial charge in [-0.15, -0.1) is 0 Å². The van der Waals surface area contributed by atoms with Gasteiger partial charge in [0.2, 0.25) is 10.0 Å². The van der Waals surface area contributed by atoms with E-state index in [0.29, 0.717) is 13.1 Å². The molecule has 1 aromatic heterocycles. The van der Waals surface area contributed by atoms with Gasteiger partial charge in [-0.05, 0) is 37.3 Å². The van der Waals surface area contributed by atoms with Crippen LogP contribution in [0.3, 0.4) is 0 Å². The summed E-state index contributed by atoms with van der Waals surface area (Å²) in [5, 5.41) is 2.62. The number of hydrogen-bond donors (Lipinski definition) is 1. The predicted molar refractivity (Wildman–Crippen MR) is 109 cm³/mol. The summed E-state index contributed by atoms with van der Waals surface area (Å²) < 4.78 is 31.7. The molecule has 0 spiro atoms. The number of hydrogen-bond acceptors (Lipinski definition) is 6. The van der Waals surface area contributed by atoms with Gasteiger partial charge in [-0.2, -0.15) is 4.31 Å². The van der Waals surface area contributed by atoms with Crippen molar-refractivity contribution in [2.45, 2.75) is 31.8 Å². The van der Waals surface area contributed by atoms with Crippen LogP contribution in [0.25, 0.3) is 0 Å². The molecule has 0 saturated carbocycles. The number of nitrogens with zero attached hydrogens (tertiary/aromatic N) is 2. The quantitative estimate of drug-likeness (QED) is 0.500. The van der Waals surface area contributed by atoms with Crippen LogP contribution in [0, 0.1) is 0 Å². The first-order valence-corrected chi connectivity index (χ1v) is 10.7. The van der Waals surface area contributed by atoms with E-state index in [0.717, 1.165) is 0 Å². The fourth-order valence-electron chi connectivity index (χ4n) is 2.49. The fraction of sp³-hybridized carbons (Fsp3) is 0.316. The average molecular weight is 440 g/mol. The maximum absolute atomic E-state index is 12.6. The lowest BCUT2D eigenvalue weighted by Crippen LogP contribution is -2.31. The van der Waals surface area contributed by atoms with E-state index in [1.165, 1.54) is 41.7 Å². The number of aromatic nitrogens is 1. The van der Waals surface area contributed by atoms with Crippen LogP contribution < -0.4 is 5.32 Å². The molecule has 1 atom stereocenters. The van der Waals surface area contributed by atoms with E-state index in [9.17, 15) is 18.0 Å². The lowest BCUT2D eigenvalue weighted by molar-refractivity contribution is -0.123. The zero-order chi connectivity index (χ0) is 21.6. The summed E-state index contributed by atoms with van der Waals surface area (Å²) in [7, 11) is -3.72. The highest BCUT2D eigenvalue weighted by atomic mass is 35.5. The van der Waals surface area contributed by atoms with E-state index in [2.05, 4.69) is 10.3 Å². The first-order valence-electron chi connectivity index (χ1n) is 8.93. The van der Waals surface area contributed by atoms with E-state index >= 15 is 0 Å². The van der Waals surface area contributed by atoms with Crippen LogP contribution >= 0.6 is 11.6 Å². The molecule has 0 aliphatic heterocycles. The second-order valence-corrected chi connectivity index (χ2v) is 8.29. The van der Waals surface area contributed by atoms with Crippen molar-refractivity contribution in [3.8, 4) is 0 Å². The van der Waals surface area contributed by atoms with Gasteiger partial charge in [0.25, 0.3) is 5.91 Å². The Morgan fingerprint density at radius 3 is 2.52 bits per heavy atom. The number of anilines is 1. The zero-order valence-corrected chi connectivity index (χ0v) is 17.8. The van der Waals surface area contributed by atoms with Crippen LogP contribution in [0.4, 0.5) is 5.69 Å². The van der Waals surface area contributed by atoms with Gasteiger partial charge >= 0.3 is 5.97 Å². The molecule has 156 valence electrons. The van der Waals surface area contributed by atoms with Crippen molar-refractivity contribution in [3.63, 3.8) is 0 Å². The third-order valence-corrected chi connectivity index (χ3v) is 6.43. The molecule has 1 unspecified atom stereocenters. The first-order chi connectivity index (χ1) is 13.7. The van der Waals surface area contributed by atoms with E-state index in [-0.39, 0.29) is 21.3 Å². The molecule has 1 aromatic carbocycles. The molecule has 1 amide bonds. The molecule has 0 radical (unpaired) electrons. The molecule has 0 saturated heterocycles. The van der Waals surface area contributed by atoms with Gasteiger partial charge in [0.15, 0.2) is 11.3 Å². The third-order valence-electron chi connectivity index (χ3n) is 4.08. The van der Waals surface area contributed by atoms with Gasteiger partial charge < -0.3 is 10.1 Å². The molecule has 0 fully saturated rings. The Hall–Kier alpha value is -2.49. The van der Waals surface area contributed by atoms with Crippen molar-refractivity contribution in [1.82, 2.24) is 9.29 Å². The van der Waals surface area contributed by atoms with Gasteiger partial charge in [0.1, 0.15) is 0 Å². The summed E-state index contributed by atoms with van der Waals surface area (Å²) >= 11 is 5.89. The molecule has 0 aliphatic carbocycles. The number of carbonyl (C=O) groups is 2. The highest BCUT2D eigenvalue weighted by molar-refractivity contribution is 7.89. The highest BCUT2D eigenvalue weighted by Crippen LogP contribution is 2.19. The maximum Gasteiger partial charge on any atom is 0.338 e. The van der Waals surface area contributed by atoms with E-state index in [1.807, 2.05) is 0 Å². The molecule has 29 heavy (non-hydrogen) atoms. The van der Waals surface area contributed by atoms with Gasteiger partial charge in [-0.25, -0.2) is 18.2 Å². The Labute approximate surface area is 174 Å². The lowest BCUT2D eigenvalue weighted by atomic mass is 10.2. The lowest BCUT2D eigenvalue weighted by Gasteiger charge is -2.19. The summed E-state index contributed by atoms with van der Waals surface area (Å²) in [5.74, 6) is -1.42. The fourth-order valence-corrected chi connectivity index (χ4v) is 4.16. The number of rotatable bonds is 8. The van der Waals surface area contributed by atoms with Crippen molar-refractivity contribution in [1.29, 1.82) is 0 Å². The number of halogens is 1. The molecule has 8 nitrogen and oxygen atoms in total. The molecule has 2 aromatic rings. The Balaban J connectivity index is 2.13. The van der Waals surface area contributed by atoms with Gasteiger partial charge in [0, 0.05) is 19.3 Å². The minimum absolute atomic E-state index is 0.0186. The summed E-state index contributed by atoms with van der Waals surface area (Å²) in [5.41, 5.74) is 0.312. The number of benzene rings is 1. The second-order valence-electron chi connectivity index (χ2n) is 6.00. The SMILES string of the molecule is CCN(CC)S(=O)(=O)c1cccc(C(=O)OC(C)C(=O)Nc2cccnc2Cl)c1. The van der Waals surface area contributed by atoms with Crippen molar-refractivity contribution in [2.75, 3.05) is 18.4 Å². The Kier molecular flexibility index (Phi) is 7.72. The number of amides is 1. The van der Waals surface area contributed by atoms with E-state index in [1.54, 1.807) is 26.0 Å². The maximum atomic E-state index is 12.6. The predicted octanol–water partition coefficient (Wildman–Crippen LogP) is 2.95. The number of ether oxygens (including phenoxy) is 1. The molecule has 1 heterocycles. The number of sulfonamides is 1. The summed E-state index contributed by atoms with van der Waals surface area (Å²) in [6.45, 7) is 5.47. The van der Waals surface area contributed by atoms with Crippen LogP contribution in [-0.4, -0.2) is 48.8 Å². The van der Waals surface area contributed by atoms with Gasteiger partial charge in [-0.3, -0.25) is 4.79 Å². The monoisotopic (exact) mass is 439 g/mol. The first kappa shape index (κ1) is 22.8. The minimum atomic E-state index is -3.72. The summed E-state index contributed by atoms with van der Waals surface area (Å²) in [6, 6.07) is 8.67. The second kappa shape index (κ2) is 9.82. The van der Waals surface area contributed by atoms with Crippen molar-refractivity contribution >= 4 is 39.2 Å². The van der Waals surface area contributed by atoms with Crippen molar-refractivity contribution in [3.05, 3.63) is 53.3 Å². The molecule has 1 N–H and O–H groups in total. The normalized spacial score (nSPS) is 12.4. The minimum Gasteiger partial charge on any atom is -0.449 e.